The maximum atomic E-state index is 12.7. The summed E-state index contributed by atoms with van der Waals surface area (Å²) in [6.07, 6.45) is 1.24. The highest BCUT2D eigenvalue weighted by Crippen LogP contribution is 2.21. The molecule has 0 saturated carbocycles. The summed E-state index contributed by atoms with van der Waals surface area (Å²) < 4.78 is 10.4. The topological polar surface area (TPSA) is 97.0 Å². The Morgan fingerprint density at radius 3 is 2.48 bits per heavy atom. The van der Waals surface area contributed by atoms with Crippen molar-refractivity contribution in [1.82, 2.24) is 10.2 Å². The third kappa shape index (κ3) is 6.16. The van der Waals surface area contributed by atoms with Gasteiger partial charge < -0.3 is 25.0 Å². The number of carbonyl (C=O) groups is 3. The van der Waals surface area contributed by atoms with E-state index in [2.05, 4.69) is 10.6 Å². The van der Waals surface area contributed by atoms with Crippen molar-refractivity contribution in [3.8, 4) is 0 Å². The summed E-state index contributed by atoms with van der Waals surface area (Å²) in [5.41, 5.74) is 1.20. The van der Waals surface area contributed by atoms with E-state index in [0.717, 1.165) is 0 Å². The number of likely N-dealkylation sites (tertiary alicyclic amines) is 1. The van der Waals surface area contributed by atoms with Gasteiger partial charge in [0, 0.05) is 30.9 Å². The number of halogens is 1. The standard InChI is InChI=1S/C20H27N3O5.ClH/c1-2-28-20(26)15-7-10-23(11-8-15)19(25)14-3-5-16(6-4-14)22-18(24)17-13-27-12-9-21-17;/h3-6,15,17,21H,2,7-13H2,1H3,(H,22,24);1H. The van der Waals surface area contributed by atoms with E-state index in [1.54, 1.807) is 36.1 Å². The van der Waals surface area contributed by atoms with Crippen LogP contribution < -0.4 is 10.6 Å². The Labute approximate surface area is 176 Å². The summed E-state index contributed by atoms with van der Waals surface area (Å²) in [5, 5.41) is 5.93. The molecule has 2 aliphatic heterocycles. The third-order valence-corrected chi connectivity index (χ3v) is 5.04. The molecule has 1 aromatic carbocycles. The van der Waals surface area contributed by atoms with E-state index < -0.39 is 0 Å². The van der Waals surface area contributed by atoms with E-state index in [1.165, 1.54) is 0 Å². The number of hydrogen-bond donors (Lipinski definition) is 2. The molecule has 0 spiro atoms. The summed E-state index contributed by atoms with van der Waals surface area (Å²) in [5.74, 6) is -0.520. The van der Waals surface area contributed by atoms with Crippen molar-refractivity contribution in [2.45, 2.75) is 25.8 Å². The average Bonchev–Trinajstić information content (AvgIpc) is 2.74. The number of anilines is 1. The molecule has 3 rings (SSSR count). The van der Waals surface area contributed by atoms with Crippen LogP contribution in [0.3, 0.4) is 0 Å². The first kappa shape index (κ1) is 23.1. The van der Waals surface area contributed by atoms with E-state index in [1.807, 2.05) is 0 Å². The zero-order valence-corrected chi connectivity index (χ0v) is 17.3. The molecule has 0 aliphatic carbocycles. The lowest BCUT2D eigenvalue weighted by Crippen LogP contribution is -2.48. The predicted octanol–water partition coefficient (Wildman–Crippen LogP) is 1.45. The first-order chi connectivity index (χ1) is 13.6. The van der Waals surface area contributed by atoms with Gasteiger partial charge in [0.25, 0.3) is 5.91 Å². The number of hydrogen-bond acceptors (Lipinski definition) is 6. The summed E-state index contributed by atoms with van der Waals surface area (Å²) >= 11 is 0. The van der Waals surface area contributed by atoms with Gasteiger partial charge in [-0.15, -0.1) is 12.4 Å². The molecule has 29 heavy (non-hydrogen) atoms. The van der Waals surface area contributed by atoms with Crippen molar-refractivity contribution in [2.75, 3.05) is 44.8 Å². The number of esters is 1. The molecule has 2 fully saturated rings. The van der Waals surface area contributed by atoms with Gasteiger partial charge in [0.05, 0.1) is 25.7 Å². The van der Waals surface area contributed by atoms with Crippen LogP contribution in [0, 0.1) is 5.92 Å². The number of nitrogens with one attached hydrogen (secondary N) is 2. The Balaban J connectivity index is 0.00000300. The number of rotatable bonds is 5. The molecule has 160 valence electrons. The number of piperidine rings is 1. The number of nitrogens with zero attached hydrogens (tertiary/aromatic N) is 1. The smallest absolute Gasteiger partial charge is 0.309 e. The molecule has 2 N–H and O–H groups in total. The predicted molar refractivity (Wildman–Crippen MR) is 110 cm³/mol. The van der Waals surface area contributed by atoms with Gasteiger partial charge in [-0.25, -0.2) is 0 Å². The fraction of sp³-hybridized carbons (Fsp3) is 0.550. The molecule has 2 amide bonds. The Morgan fingerprint density at radius 2 is 1.90 bits per heavy atom. The molecule has 1 unspecified atom stereocenters. The maximum absolute atomic E-state index is 12.7. The molecule has 2 heterocycles. The number of morpholine rings is 1. The number of carbonyl (C=O) groups excluding carboxylic acids is 3. The Morgan fingerprint density at radius 1 is 1.21 bits per heavy atom. The van der Waals surface area contributed by atoms with Gasteiger partial charge in [0.2, 0.25) is 5.91 Å². The van der Waals surface area contributed by atoms with Gasteiger partial charge in [-0.3, -0.25) is 14.4 Å². The second-order valence-electron chi connectivity index (χ2n) is 6.97. The second kappa shape index (κ2) is 11.1. The van der Waals surface area contributed by atoms with Crippen LogP contribution in [0.4, 0.5) is 5.69 Å². The molecule has 1 aromatic rings. The molecule has 9 heteroatoms. The molecule has 8 nitrogen and oxygen atoms in total. The van der Waals surface area contributed by atoms with E-state index in [4.69, 9.17) is 9.47 Å². The van der Waals surface area contributed by atoms with Crippen molar-refractivity contribution < 1.29 is 23.9 Å². The zero-order chi connectivity index (χ0) is 19.9. The van der Waals surface area contributed by atoms with E-state index in [-0.39, 0.29) is 42.2 Å². The van der Waals surface area contributed by atoms with Crippen molar-refractivity contribution in [3.05, 3.63) is 29.8 Å². The molecular weight excluding hydrogens is 398 g/mol. The highest BCUT2D eigenvalue weighted by molar-refractivity contribution is 5.97. The van der Waals surface area contributed by atoms with Gasteiger partial charge in [-0.2, -0.15) is 0 Å². The molecule has 2 aliphatic rings. The highest BCUT2D eigenvalue weighted by Gasteiger charge is 2.28. The first-order valence-corrected chi connectivity index (χ1v) is 9.76. The van der Waals surface area contributed by atoms with Crippen LogP contribution in [0.5, 0.6) is 0 Å². The van der Waals surface area contributed by atoms with Crippen molar-refractivity contribution in [1.29, 1.82) is 0 Å². The zero-order valence-electron chi connectivity index (χ0n) is 16.5. The van der Waals surface area contributed by atoms with Crippen LogP contribution in [0.1, 0.15) is 30.1 Å². The maximum Gasteiger partial charge on any atom is 0.309 e. The van der Waals surface area contributed by atoms with Crippen LogP contribution in [-0.4, -0.2) is 68.2 Å². The number of benzene rings is 1. The first-order valence-electron chi connectivity index (χ1n) is 9.76. The van der Waals surface area contributed by atoms with Crippen LogP contribution >= 0.6 is 12.4 Å². The number of amides is 2. The minimum atomic E-state index is -0.365. The largest absolute Gasteiger partial charge is 0.466 e. The Kier molecular flexibility index (Phi) is 8.88. The quantitative estimate of drug-likeness (QED) is 0.693. The van der Waals surface area contributed by atoms with Crippen molar-refractivity contribution >= 4 is 35.9 Å². The molecule has 0 aromatic heterocycles. The SMILES string of the molecule is CCOC(=O)C1CCN(C(=O)c2ccc(NC(=O)C3COCCN3)cc2)CC1.Cl. The highest BCUT2D eigenvalue weighted by atomic mass is 35.5. The molecule has 1 atom stereocenters. The van der Waals surface area contributed by atoms with Crippen LogP contribution in [0.15, 0.2) is 24.3 Å². The van der Waals surface area contributed by atoms with Gasteiger partial charge in [0.1, 0.15) is 6.04 Å². The average molecular weight is 426 g/mol. The molecule has 2 saturated heterocycles. The second-order valence-corrected chi connectivity index (χ2v) is 6.97. The van der Waals surface area contributed by atoms with E-state index in [0.29, 0.717) is 63.5 Å². The number of ether oxygens (including phenoxy) is 2. The fourth-order valence-corrected chi connectivity index (χ4v) is 3.42. The van der Waals surface area contributed by atoms with Crippen molar-refractivity contribution in [3.63, 3.8) is 0 Å². The van der Waals surface area contributed by atoms with Crippen LogP contribution in [0.2, 0.25) is 0 Å². The van der Waals surface area contributed by atoms with E-state index in [9.17, 15) is 14.4 Å². The monoisotopic (exact) mass is 425 g/mol. The third-order valence-electron chi connectivity index (χ3n) is 5.04. The molecule has 0 bridgehead atoms. The van der Waals surface area contributed by atoms with Gasteiger partial charge in [-0.05, 0) is 44.0 Å². The lowest BCUT2D eigenvalue weighted by Gasteiger charge is -2.31. The Hall–Kier alpha value is -2.16. The van der Waals surface area contributed by atoms with E-state index >= 15 is 0 Å². The molecule has 0 radical (unpaired) electrons. The minimum Gasteiger partial charge on any atom is -0.466 e. The van der Waals surface area contributed by atoms with Gasteiger partial charge >= 0.3 is 5.97 Å². The fourth-order valence-electron chi connectivity index (χ4n) is 3.42. The minimum absolute atomic E-state index is 0. The normalized spacial score (nSPS) is 19.8. The lowest BCUT2D eigenvalue weighted by molar-refractivity contribution is -0.149. The summed E-state index contributed by atoms with van der Waals surface area (Å²) in [7, 11) is 0. The Bertz CT molecular complexity index is 699. The summed E-state index contributed by atoms with van der Waals surface area (Å²) in [4.78, 5) is 38.4. The van der Waals surface area contributed by atoms with Crippen molar-refractivity contribution in [2.24, 2.45) is 5.92 Å². The molecular formula is C20H28ClN3O5. The van der Waals surface area contributed by atoms with Gasteiger partial charge in [-0.1, -0.05) is 0 Å². The van der Waals surface area contributed by atoms with Crippen LogP contribution in [-0.2, 0) is 19.1 Å². The van der Waals surface area contributed by atoms with Gasteiger partial charge in [0.15, 0.2) is 0 Å². The summed E-state index contributed by atoms with van der Waals surface area (Å²) in [6, 6.07) is 6.50. The summed E-state index contributed by atoms with van der Waals surface area (Å²) in [6.45, 7) is 4.86. The lowest BCUT2D eigenvalue weighted by atomic mass is 9.96. The van der Waals surface area contributed by atoms with Crippen LogP contribution in [0.25, 0.3) is 0 Å².